The lowest BCUT2D eigenvalue weighted by Crippen LogP contribution is -2.42. The smallest absolute Gasteiger partial charge is 0.410 e. The number of nitrogens with zero attached hydrogens (tertiary/aromatic N) is 2. The summed E-state index contributed by atoms with van der Waals surface area (Å²) in [6, 6.07) is 20.0. The van der Waals surface area contributed by atoms with E-state index in [1.807, 2.05) is 60.5 Å². The third-order valence-corrected chi connectivity index (χ3v) is 6.78. The summed E-state index contributed by atoms with van der Waals surface area (Å²) in [6.45, 7) is 8.29. The van der Waals surface area contributed by atoms with E-state index < -0.39 is 24.0 Å². The number of carbonyl (C=O) groups is 1. The van der Waals surface area contributed by atoms with Crippen molar-refractivity contribution in [1.29, 1.82) is 0 Å². The highest BCUT2D eigenvalue weighted by Crippen LogP contribution is 2.20. The van der Waals surface area contributed by atoms with E-state index in [0.717, 1.165) is 18.5 Å². The Morgan fingerprint density at radius 3 is 1.63 bits per heavy atom. The van der Waals surface area contributed by atoms with Crippen molar-refractivity contribution in [3.63, 3.8) is 0 Å². The molecule has 2 heterocycles. The van der Waals surface area contributed by atoms with Gasteiger partial charge < -0.3 is 24.0 Å². The predicted molar refractivity (Wildman–Crippen MR) is 174 cm³/mol. The second-order valence-electron chi connectivity index (χ2n) is 11.8. The van der Waals surface area contributed by atoms with Crippen molar-refractivity contribution in [3.8, 4) is 0 Å². The summed E-state index contributed by atoms with van der Waals surface area (Å²) in [5.74, 6) is 0. The van der Waals surface area contributed by atoms with Crippen LogP contribution in [0.2, 0.25) is 0 Å². The van der Waals surface area contributed by atoms with Gasteiger partial charge in [0.25, 0.3) is 0 Å². The summed E-state index contributed by atoms with van der Waals surface area (Å²) >= 11 is 0. The van der Waals surface area contributed by atoms with Crippen LogP contribution in [0, 0.1) is 0 Å². The molecule has 2 aliphatic rings. The van der Waals surface area contributed by atoms with Gasteiger partial charge in [-0.25, -0.2) is 13.6 Å². The van der Waals surface area contributed by atoms with Crippen LogP contribution in [0.1, 0.15) is 79.9 Å². The van der Waals surface area contributed by atoms with Gasteiger partial charge in [0.1, 0.15) is 17.9 Å². The third kappa shape index (κ3) is 16.2. The van der Waals surface area contributed by atoms with Crippen LogP contribution in [-0.4, -0.2) is 79.3 Å². The molecule has 2 fully saturated rings. The Bertz CT molecular complexity index is 990. The maximum Gasteiger partial charge on any atom is 0.410 e. The third-order valence-electron chi connectivity index (χ3n) is 6.78. The maximum absolute atomic E-state index is 13.9. The largest absolute Gasteiger partial charge is 0.444 e. The van der Waals surface area contributed by atoms with Crippen molar-refractivity contribution in [1.82, 2.24) is 9.80 Å². The number of benzene rings is 2. The van der Waals surface area contributed by atoms with E-state index in [0.29, 0.717) is 45.6 Å². The first-order valence-corrected chi connectivity index (χ1v) is 14.3. The molecule has 0 bridgehead atoms. The van der Waals surface area contributed by atoms with Crippen molar-refractivity contribution < 1.29 is 27.8 Å². The molecule has 4 atom stereocenters. The lowest BCUT2D eigenvalue weighted by molar-refractivity contribution is -0.00453. The minimum atomic E-state index is -1.03. The Morgan fingerprint density at radius 2 is 1.16 bits per heavy atom. The Labute approximate surface area is 260 Å². The van der Waals surface area contributed by atoms with Gasteiger partial charge in [0.2, 0.25) is 0 Å². The number of rotatable bonds is 6. The van der Waals surface area contributed by atoms with Gasteiger partial charge in [-0.3, -0.25) is 0 Å². The van der Waals surface area contributed by atoms with E-state index in [1.165, 1.54) is 10.5 Å². The Hall–Kier alpha value is -2.55. The van der Waals surface area contributed by atoms with E-state index >= 15 is 0 Å². The standard InChI is InChI=1S/C18H26FNO3.C14H20FNO.3CH4/c1-18(2,3)23-17(21)20-11-15(19)9-10-16(12-20)22-13-14-7-5-4-6-8-14;1-16-9-13(15)7-8-14(10-16)17-11-12-5-3-2-4-6-12;;;/h4-8,15-16H,9-13H2,1-3H3;2-6,13-14H,7-11H2,1H3;3*1H4. The number of amides is 1. The molecule has 4 unspecified atom stereocenters. The number of halogens is 2. The highest BCUT2D eigenvalue weighted by molar-refractivity contribution is 5.68. The Morgan fingerprint density at radius 1 is 0.721 bits per heavy atom. The molecule has 0 spiro atoms. The summed E-state index contributed by atoms with van der Waals surface area (Å²) < 4.78 is 44.4. The first kappa shape index (κ1) is 40.5. The number of likely N-dealkylation sites (tertiary alicyclic amines) is 2. The zero-order valence-corrected chi connectivity index (χ0v) is 24.4. The quantitative estimate of drug-likeness (QED) is 0.329. The van der Waals surface area contributed by atoms with Crippen molar-refractivity contribution in [2.24, 2.45) is 0 Å². The summed E-state index contributed by atoms with van der Waals surface area (Å²) in [4.78, 5) is 15.7. The van der Waals surface area contributed by atoms with Crippen LogP contribution >= 0.6 is 0 Å². The second kappa shape index (κ2) is 20.4. The van der Waals surface area contributed by atoms with E-state index in [9.17, 15) is 13.6 Å². The monoisotopic (exact) mass is 608 g/mol. The Balaban J connectivity index is 0.000000795. The first-order valence-electron chi connectivity index (χ1n) is 14.3. The van der Waals surface area contributed by atoms with E-state index in [2.05, 4.69) is 12.1 Å². The number of carbonyl (C=O) groups excluding carboxylic acids is 1. The average Bonchev–Trinajstić information content (AvgIpc) is 3.21. The molecule has 2 aromatic carbocycles. The minimum absolute atomic E-state index is 0. The molecule has 0 radical (unpaired) electrons. The fraction of sp³-hybridized carbons (Fsp3) is 0.629. The molecular weight excluding hydrogens is 550 g/mol. The summed E-state index contributed by atoms with van der Waals surface area (Å²) in [5.41, 5.74) is 1.66. The van der Waals surface area contributed by atoms with Gasteiger partial charge >= 0.3 is 6.09 Å². The normalized spacial score (nSPS) is 22.6. The fourth-order valence-electron chi connectivity index (χ4n) is 4.74. The summed E-state index contributed by atoms with van der Waals surface area (Å²) in [5, 5.41) is 0. The zero-order chi connectivity index (χ0) is 29.0. The van der Waals surface area contributed by atoms with Gasteiger partial charge in [-0.15, -0.1) is 0 Å². The van der Waals surface area contributed by atoms with Crippen LogP contribution < -0.4 is 0 Å². The predicted octanol–water partition coefficient (Wildman–Crippen LogP) is 8.48. The molecule has 0 N–H and O–H groups in total. The number of alkyl halides is 2. The maximum atomic E-state index is 13.9. The molecule has 4 rings (SSSR count). The SMILES string of the molecule is C.C.C.CC(C)(C)OC(=O)N1CC(F)CCC(OCc2ccccc2)C1.CN1CC(F)CCC(OCc2ccccc2)C1. The van der Waals surface area contributed by atoms with Crippen LogP contribution in [0.15, 0.2) is 60.7 Å². The van der Waals surface area contributed by atoms with Gasteiger partial charge in [-0.05, 0) is 64.6 Å². The molecule has 8 heteroatoms. The molecule has 2 aromatic rings. The molecule has 2 saturated heterocycles. The number of likely N-dealkylation sites (N-methyl/N-ethyl adjacent to an activating group) is 1. The van der Waals surface area contributed by atoms with Gasteiger partial charge in [-0.2, -0.15) is 0 Å². The van der Waals surface area contributed by atoms with Crippen LogP contribution in [0.3, 0.4) is 0 Å². The van der Waals surface area contributed by atoms with E-state index in [1.54, 1.807) is 20.8 Å². The Kier molecular flexibility index (Phi) is 19.2. The number of hydrogen-bond donors (Lipinski definition) is 0. The molecule has 2 aliphatic heterocycles. The van der Waals surface area contributed by atoms with Crippen molar-refractivity contribution in [2.45, 2.75) is 112 Å². The fourth-order valence-corrected chi connectivity index (χ4v) is 4.74. The van der Waals surface area contributed by atoms with Crippen molar-refractivity contribution in [2.75, 3.05) is 33.2 Å². The molecule has 6 nitrogen and oxygen atoms in total. The molecule has 43 heavy (non-hydrogen) atoms. The molecule has 1 amide bonds. The van der Waals surface area contributed by atoms with Gasteiger partial charge in [0, 0.05) is 13.1 Å². The highest BCUT2D eigenvalue weighted by Gasteiger charge is 2.30. The summed E-state index contributed by atoms with van der Waals surface area (Å²) in [6.07, 6.45) is 0.201. The van der Waals surface area contributed by atoms with Crippen LogP contribution in [0.5, 0.6) is 0 Å². The van der Waals surface area contributed by atoms with Gasteiger partial charge in [0.15, 0.2) is 0 Å². The van der Waals surface area contributed by atoms with Crippen molar-refractivity contribution >= 4 is 6.09 Å². The summed E-state index contributed by atoms with van der Waals surface area (Å²) in [7, 11) is 1.96. The molecular formula is C35H58F2N2O4. The molecule has 246 valence electrons. The topological polar surface area (TPSA) is 51.2 Å². The molecule has 0 aromatic heterocycles. The zero-order valence-electron chi connectivity index (χ0n) is 24.4. The second-order valence-corrected chi connectivity index (χ2v) is 11.8. The van der Waals surface area contributed by atoms with Gasteiger partial charge in [-0.1, -0.05) is 82.9 Å². The number of ether oxygens (including phenoxy) is 3. The van der Waals surface area contributed by atoms with Crippen LogP contribution in [-0.2, 0) is 27.4 Å². The van der Waals surface area contributed by atoms with E-state index in [-0.39, 0.29) is 41.0 Å². The average molecular weight is 609 g/mol. The van der Waals surface area contributed by atoms with Crippen molar-refractivity contribution in [3.05, 3.63) is 71.8 Å². The minimum Gasteiger partial charge on any atom is -0.444 e. The van der Waals surface area contributed by atoms with E-state index in [4.69, 9.17) is 14.2 Å². The van der Waals surface area contributed by atoms with Crippen LogP contribution in [0.25, 0.3) is 0 Å². The number of hydrogen-bond acceptors (Lipinski definition) is 5. The highest BCUT2D eigenvalue weighted by atomic mass is 19.1. The first-order chi connectivity index (χ1) is 19.1. The lowest BCUT2D eigenvalue weighted by Gasteiger charge is -2.28. The molecule has 0 aliphatic carbocycles. The molecule has 0 saturated carbocycles. The van der Waals surface area contributed by atoms with Gasteiger partial charge in [0.05, 0.1) is 38.5 Å². The van der Waals surface area contributed by atoms with Crippen LogP contribution in [0.4, 0.5) is 13.6 Å². The lowest BCUT2D eigenvalue weighted by atomic mass is 10.1.